The molecule has 0 unspecified atom stereocenters. The first-order valence-electron chi connectivity index (χ1n) is 16.5. The van der Waals surface area contributed by atoms with Gasteiger partial charge in [0.05, 0.1) is 30.3 Å². The molecule has 13 heteroatoms. The maximum absolute atomic E-state index is 13.7. The van der Waals surface area contributed by atoms with Gasteiger partial charge in [0, 0.05) is 26.3 Å². The van der Waals surface area contributed by atoms with E-state index in [0.29, 0.717) is 12.8 Å². The fraction of sp³-hybridized carbons (Fsp3) is 0.444. The number of fused-ring (bicyclic) bond motifs is 1. The summed E-state index contributed by atoms with van der Waals surface area (Å²) < 4.78 is 7.90. The van der Waals surface area contributed by atoms with Gasteiger partial charge in [-0.15, -0.1) is 0 Å². The largest absolute Gasteiger partial charge is 0.491 e. The minimum atomic E-state index is -1.26. The predicted molar refractivity (Wildman–Crippen MR) is 184 cm³/mol. The molecule has 4 N–H and O–H groups in total. The van der Waals surface area contributed by atoms with Crippen molar-refractivity contribution in [3.05, 3.63) is 82.7 Å². The van der Waals surface area contributed by atoms with Crippen molar-refractivity contribution in [3.8, 4) is 5.75 Å². The van der Waals surface area contributed by atoms with Crippen molar-refractivity contribution >= 4 is 29.5 Å². The Labute approximate surface area is 287 Å². The smallest absolute Gasteiger partial charge is 0.255 e. The minimum Gasteiger partial charge on any atom is -0.491 e. The lowest BCUT2D eigenvalue weighted by Gasteiger charge is -2.28. The highest BCUT2D eigenvalue weighted by molar-refractivity contribution is 6.01. The van der Waals surface area contributed by atoms with E-state index in [2.05, 4.69) is 26.4 Å². The summed E-state index contributed by atoms with van der Waals surface area (Å²) in [4.78, 5) is 68.6. The van der Waals surface area contributed by atoms with E-state index in [1.807, 2.05) is 51.2 Å². The molecule has 3 atom stereocenters. The number of carbonyl (C=O) groups excluding carboxylic acids is 5. The third kappa shape index (κ3) is 9.91. The summed E-state index contributed by atoms with van der Waals surface area (Å²) in [6.07, 6.45) is 0.517. The van der Waals surface area contributed by atoms with Gasteiger partial charge in [-0.05, 0) is 55.9 Å². The highest BCUT2D eigenvalue weighted by Gasteiger charge is 2.32. The maximum atomic E-state index is 13.7. The second-order valence-corrected chi connectivity index (χ2v) is 12.8. The van der Waals surface area contributed by atoms with E-state index in [4.69, 9.17) is 4.74 Å². The van der Waals surface area contributed by atoms with E-state index in [9.17, 15) is 24.0 Å². The molecule has 0 saturated heterocycles. The van der Waals surface area contributed by atoms with Crippen LogP contribution in [0.1, 0.15) is 53.1 Å². The van der Waals surface area contributed by atoms with Crippen LogP contribution < -0.4 is 26.0 Å². The van der Waals surface area contributed by atoms with Crippen LogP contribution in [0.15, 0.2) is 54.6 Å². The average Bonchev–Trinajstić information content (AvgIpc) is 3.31. The number of ether oxygens (including phenoxy) is 1. The monoisotopic (exact) mass is 673 g/mol. The third-order valence-electron chi connectivity index (χ3n) is 8.61. The number of aromatic nitrogens is 2. The zero-order valence-electron chi connectivity index (χ0n) is 29.0. The highest BCUT2D eigenvalue weighted by atomic mass is 16.5. The van der Waals surface area contributed by atoms with Crippen LogP contribution in [0.2, 0.25) is 0 Å². The molecule has 0 aliphatic carbocycles. The van der Waals surface area contributed by atoms with Crippen molar-refractivity contribution in [2.75, 3.05) is 26.7 Å². The number of nitrogens with one attached hydrogen (secondary N) is 4. The van der Waals surface area contributed by atoms with Crippen LogP contribution in [-0.2, 0) is 39.1 Å². The molecule has 5 amide bonds. The Morgan fingerprint density at radius 1 is 0.959 bits per heavy atom. The maximum Gasteiger partial charge on any atom is 0.255 e. The molecular weight excluding hydrogens is 626 g/mol. The summed E-state index contributed by atoms with van der Waals surface area (Å²) in [5, 5.41) is 15.7. The fourth-order valence-electron chi connectivity index (χ4n) is 5.81. The van der Waals surface area contributed by atoms with Gasteiger partial charge in [0.2, 0.25) is 23.6 Å². The second kappa shape index (κ2) is 16.8. The first-order chi connectivity index (χ1) is 23.3. The van der Waals surface area contributed by atoms with Crippen molar-refractivity contribution in [2.45, 2.75) is 65.1 Å². The number of aryl methyl sites for hydroxylation is 2. The Morgan fingerprint density at radius 3 is 2.33 bits per heavy atom. The van der Waals surface area contributed by atoms with Gasteiger partial charge in [0.25, 0.3) is 5.91 Å². The normalized spacial score (nSPS) is 19.7. The summed E-state index contributed by atoms with van der Waals surface area (Å²) in [6, 6.07) is 13.4. The average molecular weight is 674 g/mol. The summed E-state index contributed by atoms with van der Waals surface area (Å²) in [7, 11) is 3.35. The summed E-state index contributed by atoms with van der Waals surface area (Å²) in [6.45, 7) is 7.43. The van der Waals surface area contributed by atoms with Gasteiger partial charge in [-0.2, -0.15) is 5.10 Å². The van der Waals surface area contributed by atoms with E-state index in [0.717, 1.165) is 22.5 Å². The number of hydrogen-bond acceptors (Lipinski definition) is 7. The van der Waals surface area contributed by atoms with E-state index in [1.165, 1.54) is 11.9 Å². The van der Waals surface area contributed by atoms with Gasteiger partial charge < -0.3 is 30.9 Å². The van der Waals surface area contributed by atoms with Gasteiger partial charge in [-0.25, -0.2) is 0 Å². The lowest BCUT2D eigenvalue weighted by molar-refractivity contribution is -0.139. The molecule has 2 aromatic carbocycles. The van der Waals surface area contributed by atoms with Gasteiger partial charge in [0.15, 0.2) is 0 Å². The number of carbonyl (C=O) groups is 5. The first kappa shape index (κ1) is 36.6. The molecule has 4 rings (SSSR count). The van der Waals surface area contributed by atoms with Gasteiger partial charge in [-0.1, -0.05) is 56.3 Å². The zero-order valence-corrected chi connectivity index (χ0v) is 29.0. The Balaban J connectivity index is 1.62. The van der Waals surface area contributed by atoms with Crippen LogP contribution in [0.25, 0.3) is 0 Å². The van der Waals surface area contributed by atoms with E-state index in [1.54, 1.807) is 42.8 Å². The lowest BCUT2D eigenvalue weighted by Crippen LogP contribution is -2.54. The number of nitrogens with zero attached hydrogens (tertiary/aromatic N) is 3. The molecule has 13 nitrogen and oxygen atoms in total. The summed E-state index contributed by atoms with van der Waals surface area (Å²) >= 11 is 0. The number of amides is 5. The van der Waals surface area contributed by atoms with Crippen LogP contribution in [0.5, 0.6) is 5.75 Å². The highest BCUT2D eigenvalue weighted by Crippen LogP contribution is 2.20. The Hall–Kier alpha value is -5.20. The number of likely N-dealkylation sites (N-methyl/N-ethyl adjacent to an activating group) is 1. The van der Waals surface area contributed by atoms with Crippen LogP contribution in [0, 0.1) is 19.8 Å². The molecule has 1 aliphatic heterocycles. The number of para-hydroxylation sites is 1. The quantitative estimate of drug-likeness (QED) is 0.296. The molecule has 0 bridgehead atoms. The van der Waals surface area contributed by atoms with Crippen LogP contribution in [0.3, 0.4) is 0 Å². The van der Waals surface area contributed by atoms with Crippen molar-refractivity contribution in [3.63, 3.8) is 0 Å². The lowest BCUT2D eigenvalue weighted by atomic mass is 10.0. The molecular formula is C36H47N7O6. The second-order valence-electron chi connectivity index (χ2n) is 12.8. The number of benzene rings is 2. The van der Waals surface area contributed by atoms with Crippen molar-refractivity contribution in [2.24, 2.45) is 13.0 Å². The Bertz CT molecular complexity index is 1650. The molecule has 2 heterocycles. The molecule has 0 spiro atoms. The number of rotatable bonds is 7. The minimum absolute atomic E-state index is 0.0222. The van der Waals surface area contributed by atoms with Crippen molar-refractivity contribution in [1.82, 2.24) is 35.9 Å². The fourth-order valence-corrected chi connectivity index (χ4v) is 5.81. The number of hydrogen-bond donors (Lipinski definition) is 4. The molecule has 0 saturated carbocycles. The molecule has 0 radical (unpaired) electrons. The molecule has 0 fully saturated rings. The van der Waals surface area contributed by atoms with Gasteiger partial charge >= 0.3 is 0 Å². The Morgan fingerprint density at radius 2 is 1.65 bits per heavy atom. The van der Waals surface area contributed by atoms with Crippen LogP contribution >= 0.6 is 0 Å². The van der Waals surface area contributed by atoms with Gasteiger partial charge in [0.1, 0.15) is 24.4 Å². The van der Waals surface area contributed by atoms with E-state index < -0.39 is 54.1 Å². The third-order valence-corrected chi connectivity index (χ3v) is 8.61. The van der Waals surface area contributed by atoms with Gasteiger partial charge in [-0.3, -0.25) is 28.7 Å². The summed E-state index contributed by atoms with van der Waals surface area (Å²) in [5.41, 5.74) is 3.96. The molecule has 262 valence electrons. The molecule has 1 aliphatic rings. The van der Waals surface area contributed by atoms with Crippen LogP contribution in [0.4, 0.5) is 0 Å². The first-order valence-corrected chi connectivity index (χ1v) is 16.5. The summed E-state index contributed by atoms with van der Waals surface area (Å²) in [5.74, 6) is -2.73. The Kier molecular flexibility index (Phi) is 12.5. The topological polar surface area (TPSA) is 164 Å². The standard InChI is InChI=1S/C36H47N7O6/c1-22(2)33-36(48)42(5)20-32(45)38-26(18-25-12-8-7-9-13-25)21-49-30-15-11-10-14-28(30)34(46)39-29(19-31(44)40-33)35(47)37-17-16-27-23(3)41-43(6)24(27)4/h7-15,22,26,29,33H,16-21H2,1-6H3,(H,37,47)(H,38,45)(H,39,46)(H,40,44)/t26-,29+,33+/m1/s1. The van der Waals surface area contributed by atoms with E-state index >= 15 is 0 Å². The SMILES string of the molecule is Cc1nn(C)c(C)c1CCNC(=O)[C@@H]1CC(=O)N[C@@H](C(C)C)C(=O)N(C)CC(=O)N[C@H](Cc2ccccc2)COc2ccccc2C(=O)N1. The molecule has 3 aromatic rings. The van der Waals surface area contributed by atoms with E-state index in [-0.39, 0.29) is 36.9 Å². The predicted octanol–water partition coefficient (Wildman–Crippen LogP) is 1.60. The van der Waals surface area contributed by atoms with Crippen LogP contribution in [-0.4, -0.2) is 89.1 Å². The molecule has 1 aromatic heterocycles. The molecule has 49 heavy (non-hydrogen) atoms. The van der Waals surface area contributed by atoms with Crippen molar-refractivity contribution < 1.29 is 28.7 Å². The van der Waals surface area contributed by atoms with Crippen molar-refractivity contribution in [1.29, 1.82) is 0 Å². The zero-order chi connectivity index (χ0) is 35.7.